The highest BCUT2D eigenvalue weighted by molar-refractivity contribution is 5.99. The number of H-pyrrole nitrogens is 2. The van der Waals surface area contributed by atoms with Crippen molar-refractivity contribution in [1.82, 2.24) is 20.5 Å². The Bertz CT molecular complexity index is 1320. The van der Waals surface area contributed by atoms with Crippen LogP contribution in [0.1, 0.15) is 47.8 Å². The van der Waals surface area contributed by atoms with E-state index in [9.17, 15) is 9.59 Å². The molecular weight excluding hydrogens is 392 g/mol. The number of benzene rings is 2. The molecule has 0 spiro atoms. The largest absolute Gasteiger partial charge is 0.495 e. The minimum absolute atomic E-state index is 0.102. The lowest BCUT2D eigenvalue weighted by Gasteiger charge is -2.29. The fourth-order valence-corrected chi connectivity index (χ4v) is 4.64. The quantitative estimate of drug-likeness (QED) is 0.470. The highest BCUT2D eigenvalue weighted by atomic mass is 16.5. The molecule has 1 aliphatic carbocycles. The molecule has 4 aromatic rings. The van der Waals surface area contributed by atoms with Gasteiger partial charge in [0.05, 0.1) is 23.7 Å². The minimum Gasteiger partial charge on any atom is -0.495 e. The van der Waals surface area contributed by atoms with Gasteiger partial charge >= 0.3 is 0 Å². The summed E-state index contributed by atoms with van der Waals surface area (Å²) >= 11 is 0. The van der Waals surface area contributed by atoms with Crippen LogP contribution in [-0.2, 0) is 0 Å². The predicted molar refractivity (Wildman–Crippen MR) is 120 cm³/mol. The Labute approximate surface area is 178 Å². The zero-order valence-electron chi connectivity index (χ0n) is 17.3. The number of fused-ring (bicyclic) bond motifs is 2. The second kappa shape index (κ2) is 7.91. The minimum atomic E-state index is -0.157. The van der Waals surface area contributed by atoms with Crippen LogP contribution in [0.25, 0.3) is 21.7 Å². The molecule has 1 fully saturated rings. The monoisotopic (exact) mass is 416 g/mol. The molecule has 0 bridgehead atoms. The molecule has 0 radical (unpaired) electrons. The fraction of sp³-hybridized carbons (Fsp3) is 0.292. The maximum Gasteiger partial charge on any atom is 0.272 e. The average Bonchev–Trinajstić information content (AvgIpc) is 3.25. The summed E-state index contributed by atoms with van der Waals surface area (Å²) in [5, 5.41) is 12.7. The van der Waals surface area contributed by atoms with Gasteiger partial charge in [0.1, 0.15) is 11.4 Å². The molecule has 2 aromatic heterocycles. The molecule has 1 amide bonds. The number of carbonyl (C=O) groups is 1. The highest BCUT2D eigenvalue weighted by Crippen LogP contribution is 2.34. The third-order valence-electron chi connectivity index (χ3n) is 6.26. The number of carbonyl (C=O) groups excluding carboxylic acids is 1. The van der Waals surface area contributed by atoms with Gasteiger partial charge in [0.2, 0.25) is 0 Å². The lowest BCUT2D eigenvalue weighted by Crippen LogP contribution is -2.37. The number of rotatable bonds is 4. The van der Waals surface area contributed by atoms with Crippen LogP contribution in [0.3, 0.4) is 0 Å². The number of nitrogens with zero attached hydrogens (tertiary/aromatic N) is 1. The van der Waals surface area contributed by atoms with Gasteiger partial charge in [-0.05, 0) is 43.9 Å². The summed E-state index contributed by atoms with van der Waals surface area (Å²) in [7, 11) is 1.62. The van der Waals surface area contributed by atoms with E-state index in [1.54, 1.807) is 7.11 Å². The summed E-state index contributed by atoms with van der Waals surface area (Å²) in [4.78, 5) is 28.0. The number of aromatic amines is 2. The summed E-state index contributed by atoms with van der Waals surface area (Å²) < 4.78 is 5.37. The van der Waals surface area contributed by atoms with Gasteiger partial charge in [-0.3, -0.25) is 9.59 Å². The van der Waals surface area contributed by atoms with Gasteiger partial charge in [-0.25, -0.2) is 5.10 Å². The standard InChI is InChI=1S/C24H24N4O3/c1-31-20-8-4-5-15-13-19(26-22(15)20)24(30)25-16-11-9-14(10-12-16)21-17-6-2-3-7-18(17)23(29)28-27-21/h2-8,13-14,16,26H,9-12H2,1H3,(H,25,30)(H,28,29). The molecule has 31 heavy (non-hydrogen) atoms. The van der Waals surface area contributed by atoms with Crippen LogP contribution in [-0.4, -0.2) is 34.2 Å². The first-order valence-corrected chi connectivity index (χ1v) is 10.6. The molecule has 7 nitrogen and oxygen atoms in total. The summed E-state index contributed by atoms with van der Waals surface area (Å²) in [6, 6.07) is 15.3. The lowest BCUT2D eigenvalue weighted by atomic mass is 9.82. The molecule has 5 rings (SSSR count). The maximum absolute atomic E-state index is 12.8. The number of methoxy groups -OCH3 is 1. The van der Waals surface area contributed by atoms with Crippen molar-refractivity contribution in [3.8, 4) is 5.75 Å². The van der Waals surface area contributed by atoms with Crippen LogP contribution in [0, 0.1) is 0 Å². The number of para-hydroxylation sites is 1. The number of hydrogen-bond acceptors (Lipinski definition) is 4. The van der Waals surface area contributed by atoms with Crippen LogP contribution < -0.4 is 15.6 Å². The molecule has 0 atom stereocenters. The van der Waals surface area contributed by atoms with Crippen LogP contribution in [0.5, 0.6) is 5.75 Å². The molecule has 1 aliphatic rings. The van der Waals surface area contributed by atoms with E-state index in [-0.39, 0.29) is 23.4 Å². The van der Waals surface area contributed by atoms with E-state index in [1.807, 2.05) is 48.5 Å². The fourth-order valence-electron chi connectivity index (χ4n) is 4.64. The van der Waals surface area contributed by atoms with E-state index < -0.39 is 0 Å². The van der Waals surface area contributed by atoms with E-state index in [0.717, 1.165) is 53.4 Å². The van der Waals surface area contributed by atoms with Crippen LogP contribution >= 0.6 is 0 Å². The Balaban J connectivity index is 1.28. The molecule has 0 aliphatic heterocycles. The van der Waals surface area contributed by atoms with Gasteiger partial charge < -0.3 is 15.0 Å². The van der Waals surface area contributed by atoms with Crippen molar-refractivity contribution in [3.63, 3.8) is 0 Å². The van der Waals surface area contributed by atoms with Gasteiger partial charge in [0, 0.05) is 22.7 Å². The van der Waals surface area contributed by atoms with Gasteiger partial charge in [-0.15, -0.1) is 0 Å². The summed E-state index contributed by atoms with van der Waals surface area (Å²) in [5.41, 5.74) is 2.16. The Morgan fingerprint density at radius 1 is 1.06 bits per heavy atom. The van der Waals surface area contributed by atoms with E-state index in [2.05, 4.69) is 20.5 Å². The topological polar surface area (TPSA) is 99.9 Å². The summed E-state index contributed by atoms with van der Waals surface area (Å²) in [5.74, 6) is 0.888. The van der Waals surface area contributed by atoms with Crippen molar-refractivity contribution in [2.45, 2.75) is 37.6 Å². The number of nitrogens with one attached hydrogen (secondary N) is 3. The van der Waals surface area contributed by atoms with Gasteiger partial charge in [0.15, 0.2) is 0 Å². The normalized spacial score (nSPS) is 18.9. The molecule has 0 saturated heterocycles. The van der Waals surface area contributed by atoms with Crippen molar-refractivity contribution in [1.29, 1.82) is 0 Å². The maximum atomic E-state index is 12.8. The Morgan fingerprint density at radius 3 is 2.61 bits per heavy atom. The smallest absolute Gasteiger partial charge is 0.272 e. The molecule has 2 aromatic carbocycles. The van der Waals surface area contributed by atoms with Gasteiger partial charge in [-0.2, -0.15) is 5.10 Å². The van der Waals surface area contributed by atoms with Crippen molar-refractivity contribution < 1.29 is 9.53 Å². The molecule has 7 heteroatoms. The first-order chi connectivity index (χ1) is 15.1. The molecule has 1 saturated carbocycles. The zero-order valence-corrected chi connectivity index (χ0v) is 17.3. The third-order valence-corrected chi connectivity index (χ3v) is 6.26. The second-order valence-corrected chi connectivity index (χ2v) is 8.11. The number of amides is 1. The van der Waals surface area contributed by atoms with Crippen molar-refractivity contribution in [3.05, 3.63) is 70.3 Å². The van der Waals surface area contributed by atoms with Crippen molar-refractivity contribution in [2.75, 3.05) is 7.11 Å². The SMILES string of the molecule is COc1cccc2cc(C(=O)NC3CCC(c4n[nH]c(=O)c5ccccc45)CC3)[nH]c12. The third kappa shape index (κ3) is 3.56. The van der Waals surface area contributed by atoms with Crippen molar-refractivity contribution in [2.24, 2.45) is 0 Å². The van der Waals surface area contributed by atoms with E-state index in [1.165, 1.54) is 0 Å². The van der Waals surface area contributed by atoms with E-state index in [4.69, 9.17) is 4.74 Å². The zero-order chi connectivity index (χ0) is 21.4. The Morgan fingerprint density at radius 2 is 1.84 bits per heavy atom. The second-order valence-electron chi connectivity index (χ2n) is 8.11. The van der Waals surface area contributed by atoms with Crippen LogP contribution in [0.4, 0.5) is 0 Å². The first kappa shape index (κ1) is 19.4. The molecule has 0 unspecified atom stereocenters. The predicted octanol–water partition coefficient (Wildman–Crippen LogP) is 3.87. The van der Waals surface area contributed by atoms with Crippen molar-refractivity contribution >= 4 is 27.6 Å². The van der Waals surface area contributed by atoms with E-state index in [0.29, 0.717) is 11.1 Å². The van der Waals surface area contributed by atoms with E-state index >= 15 is 0 Å². The van der Waals surface area contributed by atoms with Gasteiger partial charge in [-0.1, -0.05) is 30.3 Å². The molecule has 2 heterocycles. The lowest BCUT2D eigenvalue weighted by molar-refractivity contribution is 0.0921. The highest BCUT2D eigenvalue weighted by Gasteiger charge is 2.26. The Hall–Kier alpha value is -3.61. The van der Waals surface area contributed by atoms with Crippen LogP contribution in [0.15, 0.2) is 53.3 Å². The number of ether oxygens (including phenoxy) is 1. The molecule has 3 N–H and O–H groups in total. The summed E-state index contributed by atoms with van der Waals surface area (Å²) in [6.07, 6.45) is 3.56. The first-order valence-electron chi connectivity index (χ1n) is 10.6. The molecular formula is C24H24N4O3. The molecule has 158 valence electrons. The van der Waals surface area contributed by atoms with Gasteiger partial charge in [0.25, 0.3) is 11.5 Å². The number of aromatic nitrogens is 3. The van der Waals surface area contributed by atoms with Crippen LogP contribution in [0.2, 0.25) is 0 Å². The summed E-state index contributed by atoms with van der Waals surface area (Å²) in [6.45, 7) is 0. The average molecular weight is 416 g/mol. The Kier molecular flexibility index (Phi) is 4.94. The number of hydrogen-bond donors (Lipinski definition) is 3.